The van der Waals surface area contributed by atoms with Crippen LogP contribution in [0.4, 0.5) is 5.82 Å². The molecule has 0 spiro atoms. The number of hydrogen-bond donors (Lipinski definition) is 0. The van der Waals surface area contributed by atoms with Gasteiger partial charge in [0.15, 0.2) is 17.1 Å². The fraction of sp³-hybridized carbons (Fsp3) is 0.350. The third-order valence-electron chi connectivity index (χ3n) is 4.89. The molecule has 0 bridgehead atoms. The molecule has 1 aliphatic heterocycles. The van der Waals surface area contributed by atoms with Gasteiger partial charge in [-0.2, -0.15) is 4.52 Å². The molecule has 31 heavy (non-hydrogen) atoms. The molecule has 0 radical (unpaired) electrons. The van der Waals surface area contributed by atoms with Crippen molar-refractivity contribution >= 4 is 11.5 Å². The zero-order valence-corrected chi connectivity index (χ0v) is 17.2. The fourth-order valence-electron chi connectivity index (χ4n) is 3.34. The quantitative estimate of drug-likeness (QED) is 0.456. The normalized spacial score (nSPS) is 14.2. The van der Waals surface area contributed by atoms with Crippen LogP contribution in [-0.2, 0) is 11.3 Å². The first-order valence-corrected chi connectivity index (χ1v) is 9.87. The van der Waals surface area contributed by atoms with Crippen LogP contribution in [0.5, 0.6) is 11.6 Å². The van der Waals surface area contributed by atoms with Gasteiger partial charge in [0.2, 0.25) is 5.82 Å². The van der Waals surface area contributed by atoms with Crippen molar-refractivity contribution in [2.24, 2.45) is 0 Å². The molecule has 4 aromatic heterocycles. The second kappa shape index (κ2) is 8.19. The molecule has 0 atom stereocenters. The molecule has 0 aromatic carbocycles. The highest BCUT2D eigenvalue weighted by Crippen LogP contribution is 2.28. The van der Waals surface area contributed by atoms with Gasteiger partial charge in [-0.05, 0) is 19.1 Å². The van der Waals surface area contributed by atoms with E-state index in [0.29, 0.717) is 47.8 Å². The van der Waals surface area contributed by atoms with Crippen molar-refractivity contribution in [2.75, 3.05) is 38.3 Å². The Morgan fingerprint density at radius 1 is 1.13 bits per heavy atom. The van der Waals surface area contributed by atoms with E-state index in [1.807, 2.05) is 25.1 Å². The Labute approximate surface area is 177 Å². The molecule has 160 valence electrons. The van der Waals surface area contributed by atoms with Gasteiger partial charge >= 0.3 is 0 Å². The minimum atomic E-state index is 0.230. The van der Waals surface area contributed by atoms with E-state index < -0.39 is 0 Å². The van der Waals surface area contributed by atoms with Crippen molar-refractivity contribution in [1.29, 1.82) is 0 Å². The standard InChI is InChI=1S/C20H21N7O4/c1-13-10-15(25-31-13)19-23-22-18-11-16(28-2)20(24-27(18)19)30-12-14-4-3-5-17(21-14)26-6-8-29-9-7-26/h3-5,10-11H,6-9,12H2,1-2H3. The number of aromatic nitrogens is 6. The van der Waals surface area contributed by atoms with Crippen LogP contribution in [0.2, 0.25) is 0 Å². The number of ether oxygens (including phenoxy) is 3. The molecule has 5 heterocycles. The summed E-state index contributed by atoms with van der Waals surface area (Å²) in [6, 6.07) is 9.35. The smallest absolute Gasteiger partial charge is 0.275 e. The van der Waals surface area contributed by atoms with Crippen molar-refractivity contribution in [3.05, 3.63) is 41.8 Å². The minimum Gasteiger partial charge on any atom is -0.491 e. The summed E-state index contributed by atoms with van der Waals surface area (Å²) in [5, 5.41) is 16.8. The molecule has 0 unspecified atom stereocenters. The number of pyridine rings is 1. The van der Waals surface area contributed by atoms with Gasteiger partial charge in [0.25, 0.3) is 5.88 Å². The summed E-state index contributed by atoms with van der Waals surface area (Å²) in [5.74, 6) is 2.78. The van der Waals surface area contributed by atoms with Gasteiger partial charge in [0.05, 0.1) is 26.0 Å². The van der Waals surface area contributed by atoms with Crippen molar-refractivity contribution < 1.29 is 18.7 Å². The first-order chi connectivity index (χ1) is 15.2. The zero-order valence-electron chi connectivity index (χ0n) is 17.2. The molecule has 1 aliphatic rings. The summed E-state index contributed by atoms with van der Waals surface area (Å²) >= 11 is 0. The van der Waals surface area contributed by atoms with Gasteiger partial charge in [-0.25, -0.2) is 4.98 Å². The molecular weight excluding hydrogens is 402 g/mol. The Kier molecular flexibility index (Phi) is 5.08. The number of anilines is 1. The van der Waals surface area contributed by atoms with Crippen LogP contribution >= 0.6 is 0 Å². The minimum absolute atomic E-state index is 0.230. The van der Waals surface area contributed by atoms with Crippen LogP contribution in [0.25, 0.3) is 17.2 Å². The van der Waals surface area contributed by atoms with Gasteiger partial charge in [0, 0.05) is 25.2 Å². The lowest BCUT2D eigenvalue weighted by Gasteiger charge is -2.28. The Balaban J connectivity index is 1.41. The number of fused-ring (bicyclic) bond motifs is 1. The first kappa shape index (κ1) is 19.2. The zero-order chi connectivity index (χ0) is 21.2. The molecule has 11 nitrogen and oxygen atoms in total. The van der Waals surface area contributed by atoms with Crippen molar-refractivity contribution in [2.45, 2.75) is 13.5 Å². The van der Waals surface area contributed by atoms with E-state index in [9.17, 15) is 0 Å². The largest absolute Gasteiger partial charge is 0.491 e. The number of morpholine rings is 1. The molecule has 0 amide bonds. The molecule has 11 heteroatoms. The molecule has 0 aliphatic carbocycles. The highest BCUT2D eigenvalue weighted by Gasteiger charge is 2.18. The fourth-order valence-corrected chi connectivity index (χ4v) is 3.34. The Hall–Kier alpha value is -3.73. The summed E-state index contributed by atoms with van der Waals surface area (Å²) in [4.78, 5) is 6.91. The van der Waals surface area contributed by atoms with Crippen LogP contribution in [0.3, 0.4) is 0 Å². The molecule has 1 saturated heterocycles. The Morgan fingerprint density at radius 2 is 2.00 bits per heavy atom. The van der Waals surface area contributed by atoms with Crippen LogP contribution < -0.4 is 14.4 Å². The Morgan fingerprint density at radius 3 is 2.77 bits per heavy atom. The monoisotopic (exact) mass is 423 g/mol. The SMILES string of the molecule is COc1cc2nnc(-c3cc(C)on3)n2nc1OCc1cccc(N2CCOCC2)n1. The van der Waals surface area contributed by atoms with Gasteiger partial charge in [-0.3, -0.25) is 0 Å². The Bertz CT molecular complexity index is 1200. The van der Waals surface area contributed by atoms with Gasteiger partial charge < -0.3 is 23.6 Å². The summed E-state index contributed by atoms with van der Waals surface area (Å²) in [7, 11) is 1.55. The van der Waals surface area contributed by atoms with Crippen LogP contribution in [0.1, 0.15) is 11.5 Å². The van der Waals surface area contributed by atoms with E-state index in [1.165, 1.54) is 0 Å². The maximum absolute atomic E-state index is 5.97. The second-order valence-electron chi connectivity index (χ2n) is 7.01. The lowest BCUT2D eigenvalue weighted by atomic mass is 10.3. The van der Waals surface area contributed by atoms with Gasteiger partial charge in [-0.1, -0.05) is 11.2 Å². The highest BCUT2D eigenvalue weighted by atomic mass is 16.5. The number of hydrogen-bond acceptors (Lipinski definition) is 10. The third-order valence-corrected chi connectivity index (χ3v) is 4.89. The number of rotatable bonds is 6. The van der Waals surface area contributed by atoms with E-state index in [1.54, 1.807) is 23.8 Å². The number of methoxy groups -OCH3 is 1. The van der Waals surface area contributed by atoms with E-state index in [-0.39, 0.29) is 6.61 Å². The summed E-state index contributed by atoms with van der Waals surface area (Å²) in [6.07, 6.45) is 0. The summed E-state index contributed by atoms with van der Waals surface area (Å²) in [6.45, 7) is 5.09. The van der Waals surface area contributed by atoms with E-state index in [4.69, 9.17) is 23.7 Å². The van der Waals surface area contributed by atoms with Crippen LogP contribution in [0.15, 0.2) is 34.9 Å². The van der Waals surface area contributed by atoms with E-state index in [0.717, 1.165) is 24.6 Å². The summed E-state index contributed by atoms with van der Waals surface area (Å²) in [5.41, 5.74) is 1.82. The van der Waals surface area contributed by atoms with Gasteiger partial charge in [-0.15, -0.1) is 15.3 Å². The molecule has 0 N–H and O–H groups in total. The second-order valence-corrected chi connectivity index (χ2v) is 7.01. The highest BCUT2D eigenvalue weighted by molar-refractivity contribution is 5.56. The average molecular weight is 423 g/mol. The maximum atomic E-state index is 5.97. The lowest BCUT2D eigenvalue weighted by Crippen LogP contribution is -2.36. The molecule has 0 saturated carbocycles. The third kappa shape index (κ3) is 3.87. The molecule has 1 fully saturated rings. The number of nitrogens with zero attached hydrogens (tertiary/aromatic N) is 7. The molecule has 5 rings (SSSR count). The lowest BCUT2D eigenvalue weighted by molar-refractivity contribution is 0.122. The van der Waals surface area contributed by atoms with E-state index in [2.05, 4.69) is 25.4 Å². The van der Waals surface area contributed by atoms with Crippen molar-refractivity contribution in [3.63, 3.8) is 0 Å². The molecule has 4 aromatic rings. The average Bonchev–Trinajstić information content (AvgIpc) is 3.43. The predicted octanol–water partition coefficient (Wildman–Crippen LogP) is 1.91. The van der Waals surface area contributed by atoms with Crippen molar-refractivity contribution in [1.82, 2.24) is 30.0 Å². The first-order valence-electron chi connectivity index (χ1n) is 9.87. The molecular formula is C20H21N7O4. The number of aryl methyl sites for hydroxylation is 1. The predicted molar refractivity (Wildman–Crippen MR) is 109 cm³/mol. The maximum Gasteiger partial charge on any atom is 0.275 e. The van der Waals surface area contributed by atoms with E-state index >= 15 is 0 Å². The van der Waals surface area contributed by atoms with Crippen LogP contribution in [-0.4, -0.2) is 63.4 Å². The van der Waals surface area contributed by atoms with Gasteiger partial charge in [0.1, 0.15) is 18.2 Å². The van der Waals surface area contributed by atoms with Crippen molar-refractivity contribution in [3.8, 4) is 23.1 Å². The summed E-state index contributed by atoms with van der Waals surface area (Å²) < 4.78 is 23.5. The topological polar surface area (TPSA) is 113 Å². The van der Waals surface area contributed by atoms with Crippen LogP contribution in [0, 0.1) is 6.92 Å².